The van der Waals surface area contributed by atoms with Gasteiger partial charge in [0.05, 0.1) is 6.42 Å². The largest absolute Gasteiger partial charge is 0.507 e. The Morgan fingerprint density at radius 2 is 1.45 bits per heavy atom. The highest BCUT2D eigenvalue weighted by Crippen LogP contribution is 2.39. The van der Waals surface area contributed by atoms with Crippen LogP contribution >= 0.6 is 0 Å². The molecule has 1 aromatic carbocycles. The quantitative estimate of drug-likeness (QED) is 0.871. The average Bonchev–Trinajstić information content (AvgIpc) is 2.28. The second kappa shape index (κ2) is 5.47. The predicted molar refractivity (Wildman–Crippen MR) is 83.3 cm³/mol. The highest BCUT2D eigenvalue weighted by atomic mass is 16.3. The molecule has 0 unspecified atom stereocenters. The molecule has 2 N–H and O–H groups in total. The predicted octanol–water partition coefficient (Wildman–Crippen LogP) is 3.28. The van der Waals surface area contributed by atoms with Crippen LogP contribution in [0.4, 0.5) is 0 Å². The van der Waals surface area contributed by atoms with Crippen molar-refractivity contribution >= 4 is 5.91 Å². The number of rotatable bonds is 2. The number of phenolic OH excluding ortho intramolecular Hbond substituents is 1. The Morgan fingerprint density at radius 1 is 1.05 bits per heavy atom. The van der Waals surface area contributed by atoms with Crippen LogP contribution in [-0.2, 0) is 22.0 Å². The van der Waals surface area contributed by atoms with Gasteiger partial charge < -0.3 is 10.4 Å². The van der Waals surface area contributed by atoms with E-state index in [1.807, 2.05) is 12.1 Å². The van der Waals surface area contributed by atoms with Gasteiger partial charge in [-0.3, -0.25) is 4.79 Å². The van der Waals surface area contributed by atoms with Crippen LogP contribution in [-0.4, -0.2) is 18.1 Å². The minimum atomic E-state index is -0.164. The summed E-state index contributed by atoms with van der Waals surface area (Å²) in [6.45, 7) is 12.4. The molecule has 0 aliphatic heterocycles. The lowest BCUT2D eigenvalue weighted by molar-refractivity contribution is -0.119. The number of hydrogen-bond donors (Lipinski definition) is 2. The van der Waals surface area contributed by atoms with Gasteiger partial charge in [0, 0.05) is 7.05 Å². The molecule has 0 aliphatic rings. The van der Waals surface area contributed by atoms with Gasteiger partial charge in [-0.15, -0.1) is 0 Å². The number of phenols is 1. The third kappa shape index (κ3) is 3.75. The molecule has 0 aromatic heterocycles. The van der Waals surface area contributed by atoms with Crippen LogP contribution in [0.2, 0.25) is 0 Å². The van der Waals surface area contributed by atoms with Gasteiger partial charge in [0.2, 0.25) is 5.91 Å². The molecule has 0 aliphatic carbocycles. The molecular formula is C17H27NO2. The monoisotopic (exact) mass is 277 g/mol. The van der Waals surface area contributed by atoms with E-state index < -0.39 is 0 Å². The minimum Gasteiger partial charge on any atom is -0.507 e. The van der Waals surface area contributed by atoms with E-state index in [1.54, 1.807) is 7.05 Å². The maximum atomic E-state index is 11.6. The molecule has 0 atom stereocenters. The van der Waals surface area contributed by atoms with E-state index in [2.05, 4.69) is 46.9 Å². The molecule has 0 fully saturated rings. The molecule has 0 saturated heterocycles. The summed E-state index contributed by atoms with van der Waals surface area (Å²) in [5.41, 5.74) is 2.40. The Balaban J connectivity index is 3.46. The zero-order valence-corrected chi connectivity index (χ0v) is 13.7. The first-order chi connectivity index (χ1) is 8.96. The molecule has 0 saturated carbocycles. The number of likely N-dealkylation sites (N-methyl/N-ethyl adjacent to an activating group) is 1. The van der Waals surface area contributed by atoms with Crippen LogP contribution in [0.1, 0.15) is 58.2 Å². The van der Waals surface area contributed by atoms with Crippen molar-refractivity contribution in [2.75, 3.05) is 7.05 Å². The Labute approximate surface area is 122 Å². The first-order valence-corrected chi connectivity index (χ1v) is 7.04. The molecule has 1 rings (SSSR count). The van der Waals surface area contributed by atoms with Crippen LogP contribution in [0, 0.1) is 0 Å². The number of carbonyl (C=O) groups excluding carboxylic acids is 1. The van der Waals surface area contributed by atoms with E-state index in [-0.39, 0.29) is 16.7 Å². The highest BCUT2D eigenvalue weighted by molar-refractivity contribution is 5.78. The Bertz CT molecular complexity index is 470. The number of carbonyl (C=O) groups is 1. The van der Waals surface area contributed by atoms with Crippen molar-refractivity contribution in [3.8, 4) is 5.75 Å². The molecule has 0 heterocycles. The van der Waals surface area contributed by atoms with Gasteiger partial charge in [0.25, 0.3) is 0 Å². The summed E-state index contributed by atoms with van der Waals surface area (Å²) < 4.78 is 0. The first-order valence-electron chi connectivity index (χ1n) is 7.04. The van der Waals surface area contributed by atoms with Crippen LogP contribution in [0.15, 0.2) is 12.1 Å². The second-order valence-electron chi connectivity index (χ2n) is 7.39. The fraction of sp³-hybridized carbons (Fsp3) is 0.588. The summed E-state index contributed by atoms with van der Waals surface area (Å²) in [5.74, 6) is 0.334. The van der Waals surface area contributed by atoms with Crippen LogP contribution in [0.5, 0.6) is 5.75 Å². The van der Waals surface area contributed by atoms with Crippen molar-refractivity contribution < 1.29 is 9.90 Å². The lowest BCUT2D eigenvalue weighted by Gasteiger charge is -2.28. The summed E-state index contributed by atoms with van der Waals surface area (Å²) in [5, 5.41) is 13.2. The van der Waals surface area contributed by atoms with Crippen molar-refractivity contribution in [3.05, 3.63) is 28.8 Å². The van der Waals surface area contributed by atoms with Crippen molar-refractivity contribution in [2.24, 2.45) is 0 Å². The molecule has 0 radical (unpaired) electrons. The number of amides is 1. The normalized spacial score (nSPS) is 12.3. The average molecular weight is 277 g/mol. The molecular weight excluding hydrogens is 250 g/mol. The second-order valence-corrected chi connectivity index (χ2v) is 7.39. The molecule has 3 heteroatoms. The molecule has 0 bridgehead atoms. The van der Waals surface area contributed by atoms with Crippen LogP contribution < -0.4 is 5.32 Å². The highest BCUT2D eigenvalue weighted by Gasteiger charge is 2.26. The topological polar surface area (TPSA) is 49.3 Å². The Hall–Kier alpha value is -1.51. The minimum absolute atomic E-state index is 0.0181. The molecule has 1 aromatic rings. The fourth-order valence-corrected chi connectivity index (χ4v) is 2.21. The third-order valence-corrected chi connectivity index (χ3v) is 3.43. The number of aromatic hydroxyl groups is 1. The molecule has 3 nitrogen and oxygen atoms in total. The van der Waals surface area contributed by atoms with E-state index in [9.17, 15) is 9.90 Å². The summed E-state index contributed by atoms with van der Waals surface area (Å²) in [6.07, 6.45) is 0.336. The lowest BCUT2D eigenvalue weighted by Crippen LogP contribution is -2.22. The van der Waals surface area contributed by atoms with Crippen molar-refractivity contribution in [3.63, 3.8) is 0 Å². The van der Waals surface area contributed by atoms with Crippen molar-refractivity contribution in [1.82, 2.24) is 5.32 Å². The summed E-state index contributed by atoms with van der Waals surface area (Å²) in [4.78, 5) is 11.6. The SMILES string of the molecule is CNC(=O)Cc1cc(C(C)(C)C)c(O)c(C(C)(C)C)c1. The summed E-state index contributed by atoms with van der Waals surface area (Å²) >= 11 is 0. The van der Waals surface area contributed by atoms with Crippen molar-refractivity contribution in [1.29, 1.82) is 0 Å². The summed E-state index contributed by atoms with van der Waals surface area (Å²) in [6, 6.07) is 3.89. The third-order valence-electron chi connectivity index (χ3n) is 3.43. The lowest BCUT2D eigenvalue weighted by atomic mass is 9.78. The smallest absolute Gasteiger partial charge is 0.224 e. The van der Waals surface area contributed by atoms with E-state index >= 15 is 0 Å². The fourth-order valence-electron chi connectivity index (χ4n) is 2.21. The summed E-state index contributed by atoms with van der Waals surface area (Å²) in [7, 11) is 1.64. The van der Waals surface area contributed by atoms with Gasteiger partial charge in [-0.25, -0.2) is 0 Å². The standard InChI is InChI=1S/C17H27NO2/c1-16(2,3)12-8-11(10-14(19)18-7)9-13(15(12)20)17(4,5)6/h8-9,20H,10H2,1-7H3,(H,18,19). The van der Waals surface area contributed by atoms with Gasteiger partial charge in [-0.1, -0.05) is 53.7 Å². The zero-order chi connectivity index (χ0) is 15.7. The first kappa shape index (κ1) is 16.5. The Morgan fingerprint density at radius 3 is 1.75 bits per heavy atom. The zero-order valence-electron chi connectivity index (χ0n) is 13.7. The van der Waals surface area contributed by atoms with Crippen LogP contribution in [0.25, 0.3) is 0 Å². The van der Waals surface area contributed by atoms with E-state index in [0.717, 1.165) is 16.7 Å². The van der Waals surface area contributed by atoms with Crippen molar-refractivity contribution in [2.45, 2.75) is 58.8 Å². The Kier molecular flexibility index (Phi) is 4.52. The molecule has 112 valence electrons. The maximum Gasteiger partial charge on any atom is 0.224 e. The van der Waals surface area contributed by atoms with Gasteiger partial charge in [0.1, 0.15) is 5.75 Å². The van der Waals surface area contributed by atoms with Gasteiger partial charge in [-0.05, 0) is 27.5 Å². The van der Waals surface area contributed by atoms with Gasteiger partial charge >= 0.3 is 0 Å². The van der Waals surface area contributed by atoms with E-state index in [1.165, 1.54) is 0 Å². The number of nitrogens with one attached hydrogen (secondary N) is 1. The van der Waals surface area contributed by atoms with E-state index in [4.69, 9.17) is 0 Å². The number of benzene rings is 1. The van der Waals surface area contributed by atoms with Gasteiger partial charge in [-0.2, -0.15) is 0 Å². The van der Waals surface area contributed by atoms with E-state index in [0.29, 0.717) is 12.2 Å². The maximum absolute atomic E-state index is 11.6. The molecule has 0 spiro atoms. The van der Waals surface area contributed by atoms with Crippen LogP contribution in [0.3, 0.4) is 0 Å². The molecule has 20 heavy (non-hydrogen) atoms. The number of hydrogen-bond acceptors (Lipinski definition) is 2. The van der Waals surface area contributed by atoms with Gasteiger partial charge in [0.15, 0.2) is 0 Å². The molecule has 1 amide bonds.